The van der Waals surface area contributed by atoms with E-state index >= 15 is 0 Å². The molecule has 3 aromatic rings. The lowest BCUT2D eigenvalue weighted by Gasteiger charge is -2.10. The molecule has 26 heavy (non-hydrogen) atoms. The zero-order chi connectivity index (χ0) is 18.7. The van der Waals surface area contributed by atoms with Crippen LogP contribution in [0.5, 0.6) is 11.6 Å². The molecule has 0 unspecified atom stereocenters. The fourth-order valence-corrected chi connectivity index (χ4v) is 3.10. The predicted octanol–water partition coefficient (Wildman–Crippen LogP) is 4.65. The first-order valence-electron chi connectivity index (χ1n) is 7.82. The SMILES string of the molecule is Cc1nn(CCOc2cccc(Cl)c2)c(OC(=O)c2cc(F)cs2)c1C. The standard InChI is InChI=1S/C18H16ClFN2O3S/c1-11-12(2)21-22(6-7-24-15-5-3-4-13(19)8-15)17(11)25-18(23)16-9-14(20)10-26-16/h3-5,8-10H,6-7H2,1-2H3. The molecule has 0 bridgehead atoms. The molecule has 0 aliphatic heterocycles. The molecule has 0 aliphatic carbocycles. The Morgan fingerprint density at radius 3 is 2.85 bits per heavy atom. The molecular weight excluding hydrogens is 379 g/mol. The van der Waals surface area contributed by atoms with Crippen molar-refractivity contribution in [2.45, 2.75) is 20.4 Å². The zero-order valence-electron chi connectivity index (χ0n) is 14.2. The fraction of sp³-hybridized carbons (Fsp3) is 0.222. The normalized spacial score (nSPS) is 10.8. The minimum atomic E-state index is -0.612. The Kier molecular flexibility index (Phi) is 5.58. The van der Waals surface area contributed by atoms with E-state index in [9.17, 15) is 9.18 Å². The summed E-state index contributed by atoms with van der Waals surface area (Å²) in [6, 6.07) is 8.23. The number of esters is 1. The molecule has 0 fully saturated rings. The van der Waals surface area contributed by atoms with Gasteiger partial charge in [0.2, 0.25) is 5.88 Å². The molecule has 1 aromatic carbocycles. The lowest BCUT2D eigenvalue weighted by Crippen LogP contribution is -2.15. The van der Waals surface area contributed by atoms with E-state index in [0.29, 0.717) is 29.8 Å². The maximum Gasteiger partial charge on any atom is 0.355 e. The molecule has 0 atom stereocenters. The van der Waals surface area contributed by atoms with Gasteiger partial charge in [-0.15, -0.1) is 11.3 Å². The first kappa shape index (κ1) is 18.4. The topological polar surface area (TPSA) is 53.4 Å². The lowest BCUT2D eigenvalue weighted by molar-refractivity contribution is 0.0719. The van der Waals surface area contributed by atoms with Gasteiger partial charge in [0, 0.05) is 16.0 Å². The highest BCUT2D eigenvalue weighted by Crippen LogP contribution is 2.24. The monoisotopic (exact) mass is 394 g/mol. The Labute approximate surface area is 158 Å². The van der Waals surface area contributed by atoms with Crippen LogP contribution < -0.4 is 9.47 Å². The first-order chi connectivity index (χ1) is 12.4. The van der Waals surface area contributed by atoms with Gasteiger partial charge < -0.3 is 9.47 Å². The summed E-state index contributed by atoms with van der Waals surface area (Å²) in [6.07, 6.45) is 0. The predicted molar refractivity (Wildman–Crippen MR) is 97.9 cm³/mol. The van der Waals surface area contributed by atoms with Crippen molar-refractivity contribution in [2.75, 3.05) is 6.61 Å². The van der Waals surface area contributed by atoms with Crippen molar-refractivity contribution in [3.63, 3.8) is 0 Å². The van der Waals surface area contributed by atoms with Crippen molar-refractivity contribution < 1.29 is 18.7 Å². The molecule has 2 aromatic heterocycles. The van der Waals surface area contributed by atoms with Crippen LogP contribution in [-0.4, -0.2) is 22.4 Å². The Morgan fingerprint density at radius 1 is 1.35 bits per heavy atom. The molecule has 8 heteroatoms. The maximum absolute atomic E-state index is 13.1. The molecule has 5 nitrogen and oxygen atoms in total. The summed E-state index contributed by atoms with van der Waals surface area (Å²) in [5.74, 6) is -0.0982. The average molecular weight is 395 g/mol. The van der Waals surface area contributed by atoms with Crippen LogP contribution in [-0.2, 0) is 6.54 Å². The van der Waals surface area contributed by atoms with Crippen molar-refractivity contribution in [1.82, 2.24) is 9.78 Å². The number of ether oxygens (including phenoxy) is 2. The number of aryl methyl sites for hydroxylation is 1. The second kappa shape index (κ2) is 7.88. The third-order valence-electron chi connectivity index (χ3n) is 3.69. The fourth-order valence-electron chi connectivity index (χ4n) is 2.30. The van der Waals surface area contributed by atoms with Gasteiger partial charge in [-0.25, -0.2) is 13.9 Å². The second-order valence-electron chi connectivity index (χ2n) is 5.56. The van der Waals surface area contributed by atoms with Gasteiger partial charge in [-0.2, -0.15) is 5.10 Å². The minimum Gasteiger partial charge on any atom is -0.492 e. The van der Waals surface area contributed by atoms with Crippen LogP contribution in [0.3, 0.4) is 0 Å². The second-order valence-corrected chi connectivity index (χ2v) is 6.91. The van der Waals surface area contributed by atoms with Gasteiger partial charge >= 0.3 is 5.97 Å². The molecular formula is C18H16ClFN2O3S. The largest absolute Gasteiger partial charge is 0.492 e. The van der Waals surface area contributed by atoms with Gasteiger partial charge in [0.15, 0.2) is 0 Å². The minimum absolute atomic E-state index is 0.197. The number of halogens is 2. The summed E-state index contributed by atoms with van der Waals surface area (Å²) in [6.45, 7) is 4.34. The van der Waals surface area contributed by atoms with Gasteiger partial charge in [-0.05, 0) is 38.1 Å². The van der Waals surface area contributed by atoms with Gasteiger partial charge in [0.05, 0.1) is 12.2 Å². The highest BCUT2D eigenvalue weighted by molar-refractivity contribution is 7.12. The molecule has 0 N–H and O–H groups in total. The quantitative estimate of drug-likeness (QED) is 0.571. The van der Waals surface area contributed by atoms with Gasteiger partial charge in [0.1, 0.15) is 23.1 Å². The Morgan fingerprint density at radius 2 is 2.15 bits per heavy atom. The number of hydrogen-bond acceptors (Lipinski definition) is 5. The number of benzene rings is 1. The van der Waals surface area contributed by atoms with Crippen LogP contribution in [0.15, 0.2) is 35.7 Å². The van der Waals surface area contributed by atoms with E-state index in [1.807, 2.05) is 13.8 Å². The number of hydrogen-bond donors (Lipinski definition) is 0. The summed E-state index contributed by atoms with van der Waals surface area (Å²) < 4.78 is 25.8. The number of rotatable bonds is 6. The maximum atomic E-state index is 13.1. The van der Waals surface area contributed by atoms with E-state index in [1.54, 1.807) is 28.9 Å². The van der Waals surface area contributed by atoms with Crippen LogP contribution in [0.4, 0.5) is 4.39 Å². The molecule has 0 radical (unpaired) electrons. The first-order valence-corrected chi connectivity index (χ1v) is 9.08. The van der Waals surface area contributed by atoms with E-state index in [2.05, 4.69) is 5.10 Å². The van der Waals surface area contributed by atoms with Crippen LogP contribution in [0.2, 0.25) is 5.02 Å². The van der Waals surface area contributed by atoms with Crippen LogP contribution in [0, 0.1) is 19.7 Å². The number of carbonyl (C=O) groups excluding carboxylic acids is 1. The highest BCUT2D eigenvalue weighted by atomic mass is 35.5. The molecule has 2 heterocycles. The van der Waals surface area contributed by atoms with Crippen molar-refractivity contribution in [3.05, 3.63) is 62.7 Å². The molecule has 0 saturated heterocycles. The summed E-state index contributed by atoms with van der Waals surface area (Å²) in [4.78, 5) is 12.4. The zero-order valence-corrected chi connectivity index (χ0v) is 15.7. The number of carbonyl (C=O) groups is 1. The van der Waals surface area contributed by atoms with E-state index < -0.39 is 11.8 Å². The van der Waals surface area contributed by atoms with E-state index in [-0.39, 0.29) is 4.88 Å². The summed E-state index contributed by atoms with van der Waals surface area (Å²) >= 11 is 6.92. The van der Waals surface area contributed by atoms with Gasteiger partial charge in [-0.3, -0.25) is 0 Å². The molecule has 136 valence electrons. The summed E-state index contributed by atoms with van der Waals surface area (Å²) in [7, 11) is 0. The lowest BCUT2D eigenvalue weighted by atomic mass is 10.3. The molecule has 0 spiro atoms. The molecule has 3 rings (SSSR count). The van der Waals surface area contributed by atoms with E-state index in [4.69, 9.17) is 21.1 Å². The van der Waals surface area contributed by atoms with Crippen molar-refractivity contribution >= 4 is 28.9 Å². The summed E-state index contributed by atoms with van der Waals surface area (Å²) in [5, 5.41) is 6.22. The Balaban J connectivity index is 1.69. The van der Waals surface area contributed by atoms with Crippen LogP contribution in [0.1, 0.15) is 20.9 Å². The number of nitrogens with zero attached hydrogens (tertiary/aromatic N) is 2. The van der Waals surface area contributed by atoms with Crippen LogP contribution in [0.25, 0.3) is 0 Å². The third-order valence-corrected chi connectivity index (χ3v) is 4.81. The van der Waals surface area contributed by atoms with Gasteiger partial charge in [-0.1, -0.05) is 17.7 Å². The van der Waals surface area contributed by atoms with Crippen LogP contribution >= 0.6 is 22.9 Å². The Bertz CT molecular complexity index is 938. The van der Waals surface area contributed by atoms with Gasteiger partial charge in [0.25, 0.3) is 0 Å². The average Bonchev–Trinajstić information content (AvgIpc) is 3.14. The van der Waals surface area contributed by atoms with E-state index in [0.717, 1.165) is 28.7 Å². The third kappa shape index (κ3) is 4.23. The molecule has 0 saturated carbocycles. The smallest absolute Gasteiger partial charge is 0.355 e. The van der Waals surface area contributed by atoms with Crippen molar-refractivity contribution in [1.29, 1.82) is 0 Å². The number of thiophene rings is 1. The molecule has 0 amide bonds. The summed E-state index contributed by atoms with van der Waals surface area (Å²) in [5.41, 5.74) is 1.49. The van der Waals surface area contributed by atoms with Crippen molar-refractivity contribution in [3.8, 4) is 11.6 Å². The van der Waals surface area contributed by atoms with E-state index in [1.165, 1.54) is 5.38 Å². The van der Waals surface area contributed by atoms with Crippen molar-refractivity contribution in [2.24, 2.45) is 0 Å². The Hall–Kier alpha value is -2.38. The number of aromatic nitrogens is 2. The molecule has 0 aliphatic rings. The highest BCUT2D eigenvalue weighted by Gasteiger charge is 2.19.